The van der Waals surface area contributed by atoms with Crippen LogP contribution >= 0.6 is 11.6 Å². The van der Waals surface area contributed by atoms with Gasteiger partial charge in [-0.05, 0) is 66.7 Å². The van der Waals surface area contributed by atoms with Gasteiger partial charge in [0.25, 0.3) is 15.9 Å². The van der Waals surface area contributed by atoms with Gasteiger partial charge in [-0.25, -0.2) is 12.8 Å². The van der Waals surface area contributed by atoms with Crippen molar-refractivity contribution in [1.29, 1.82) is 0 Å². The lowest BCUT2D eigenvalue weighted by Gasteiger charge is -2.34. The molecule has 4 rings (SSSR count). The third-order valence-electron chi connectivity index (χ3n) is 5.21. The fourth-order valence-electron chi connectivity index (χ4n) is 3.45. The molecule has 1 aliphatic heterocycles. The summed E-state index contributed by atoms with van der Waals surface area (Å²) in [4.78, 5) is 12.8. The Balaban J connectivity index is 1.49. The maximum absolute atomic E-state index is 13.5. The van der Waals surface area contributed by atoms with Crippen LogP contribution in [-0.2, 0) is 14.8 Å². The molecule has 35 heavy (non-hydrogen) atoms. The van der Waals surface area contributed by atoms with Crippen molar-refractivity contribution in [1.82, 2.24) is 5.32 Å². The molecule has 3 aromatic carbocycles. The first-order chi connectivity index (χ1) is 16.8. The summed E-state index contributed by atoms with van der Waals surface area (Å²) in [5.41, 5.74) is 0.233. The molecule has 0 bridgehead atoms. The van der Waals surface area contributed by atoms with Crippen LogP contribution in [0.25, 0.3) is 0 Å². The zero-order valence-corrected chi connectivity index (χ0v) is 20.2. The van der Waals surface area contributed by atoms with Gasteiger partial charge in [-0.1, -0.05) is 11.6 Å². The highest BCUT2D eigenvalue weighted by Gasteiger charge is 2.37. The molecule has 1 N–H and O–H groups in total. The number of nitrogens with zero attached hydrogens (tertiary/aromatic N) is 1. The molecule has 0 radical (unpaired) electrons. The molecule has 0 aliphatic carbocycles. The summed E-state index contributed by atoms with van der Waals surface area (Å²) >= 11 is 6.11. The first-order valence-electron chi connectivity index (χ1n) is 10.6. The van der Waals surface area contributed by atoms with Crippen molar-refractivity contribution in [3.8, 4) is 17.2 Å². The third kappa shape index (κ3) is 5.60. The first kappa shape index (κ1) is 24.6. The number of hydrogen-bond acceptors (Lipinski definition) is 6. The average molecular weight is 521 g/mol. The molecular weight excluding hydrogens is 499 g/mol. The second-order valence-electron chi connectivity index (χ2n) is 7.52. The normalized spacial score (nSPS) is 15.1. The van der Waals surface area contributed by atoms with Crippen LogP contribution in [-0.4, -0.2) is 47.2 Å². The van der Waals surface area contributed by atoms with Crippen molar-refractivity contribution in [2.75, 3.05) is 31.1 Å². The predicted octanol–water partition coefficient (Wildman–Crippen LogP) is 3.64. The number of ether oxygens (including phenoxy) is 3. The second kappa shape index (κ2) is 10.4. The van der Waals surface area contributed by atoms with Crippen molar-refractivity contribution in [2.24, 2.45) is 0 Å². The second-order valence-corrected chi connectivity index (χ2v) is 9.82. The van der Waals surface area contributed by atoms with Gasteiger partial charge in [-0.15, -0.1) is 0 Å². The smallest absolute Gasteiger partial charge is 0.264 e. The van der Waals surface area contributed by atoms with Crippen molar-refractivity contribution >= 4 is 33.2 Å². The first-order valence-corrected chi connectivity index (χ1v) is 12.4. The molecule has 0 saturated heterocycles. The summed E-state index contributed by atoms with van der Waals surface area (Å²) in [7, 11) is -2.56. The molecule has 3 aromatic rings. The van der Waals surface area contributed by atoms with Crippen LogP contribution in [0.2, 0.25) is 5.02 Å². The standard InChI is InChI=1S/C24H22ClFN2O6S/c1-32-18-7-9-20(10-8-18)35(30,31)28-15-23(34-22-11-2-16(25)14-21(22)28)24(29)27-12-13-33-19-5-3-17(26)4-6-19/h2-11,14,23H,12-13,15H2,1H3,(H,27,29)/t23-/m1/s1. The number of anilines is 1. The van der Waals surface area contributed by atoms with E-state index in [1.54, 1.807) is 6.07 Å². The number of rotatable bonds is 8. The minimum atomic E-state index is -4.04. The Labute approximate surface area is 207 Å². The van der Waals surface area contributed by atoms with Gasteiger partial charge >= 0.3 is 0 Å². The highest BCUT2D eigenvalue weighted by atomic mass is 35.5. The zero-order chi connectivity index (χ0) is 25.0. The van der Waals surface area contributed by atoms with Crippen molar-refractivity contribution in [2.45, 2.75) is 11.0 Å². The number of amides is 1. The molecule has 8 nitrogen and oxygen atoms in total. The van der Waals surface area contributed by atoms with E-state index in [4.69, 9.17) is 25.8 Å². The van der Waals surface area contributed by atoms with Gasteiger partial charge in [0.15, 0.2) is 6.10 Å². The van der Waals surface area contributed by atoms with E-state index in [9.17, 15) is 17.6 Å². The Hall–Kier alpha value is -3.50. The van der Waals surface area contributed by atoms with Gasteiger partial charge in [0, 0.05) is 5.02 Å². The Kier molecular flexibility index (Phi) is 7.32. The van der Waals surface area contributed by atoms with E-state index in [0.29, 0.717) is 16.5 Å². The maximum Gasteiger partial charge on any atom is 0.264 e. The summed E-state index contributed by atoms with van der Waals surface area (Å²) < 4.78 is 57.4. The monoisotopic (exact) mass is 520 g/mol. The minimum Gasteiger partial charge on any atom is -0.497 e. The number of sulfonamides is 1. The summed E-state index contributed by atoms with van der Waals surface area (Å²) in [5.74, 6) is 0.283. The molecule has 0 unspecified atom stereocenters. The van der Waals surface area contributed by atoms with Crippen LogP contribution in [0, 0.1) is 5.82 Å². The maximum atomic E-state index is 13.5. The highest BCUT2D eigenvalue weighted by molar-refractivity contribution is 7.92. The fourth-order valence-corrected chi connectivity index (χ4v) is 5.09. The molecule has 0 aromatic heterocycles. The molecule has 1 atom stereocenters. The zero-order valence-electron chi connectivity index (χ0n) is 18.6. The van der Waals surface area contributed by atoms with Crippen LogP contribution in [0.4, 0.5) is 10.1 Å². The number of carbonyl (C=O) groups excluding carboxylic acids is 1. The fraction of sp³-hybridized carbons (Fsp3) is 0.208. The molecule has 184 valence electrons. The molecular formula is C24H22ClFN2O6S. The quantitative estimate of drug-likeness (QED) is 0.456. The summed E-state index contributed by atoms with van der Waals surface area (Å²) in [6.07, 6.45) is -1.11. The van der Waals surface area contributed by atoms with Gasteiger partial charge in [0.1, 0.15) is 29.7 Å². The Morgan fingerprint density at radius 2 is 1.80 bits per heavy atom. The van der Waals surface area contributed by atoms with Crippen LogP contribution in [0.3, 0.4) is 0 Å². The highest BCUT2D eigenvalue weighted by Crippen LogP contribution is 2.39. The van der Waals surface area contributed by atoms with Crippen LogP contribution in [0.15, 0.2) is 71.6 Å². The lowest BCUT2D eigenvalue weighted by Crippen LogP contribution is -2.51. The number of fused-ring (bicyclic) bond motifs is 1. The van der Waals surface area contributed by atoms with E-state index in [-0.39, 0.29) is 41.8 Å². The van der Waals surface area contributed by atoms with Gasteiger partial charge in [-0.2, -0.15) is 0 Å². The van der Waals surface area contributed by atoms with E-state index >= 15 is 0 Å². The largest absolute Gasteiger partial charge is 0.497 e. The minimum absolute atomic E-state index is 0.0259. The Morgan fingerprint density at radius 1 is 1.11 bits per heavy atom. The van der Waals surface area contributed by atoms with Crippen molar-refractivity contribution in [3.63, 3.8) is 0 Å². The molecule has 1 heterocycles. The summed E-state index contributed by atoms with van der Waals surface area (Å²) in [5, 5.41) is 3.00. The van der Waals surface area contributed by atoms with Gasteiger partial charge in [0.2, 0.25) is 0 Å². The molecule has 11 heteroatoms. The van der Waals surface area contributed by atoms with Gasteiger partial charge in [-0.3, -0.25) is 9.10 Å². The van der Waals surface area contributed by atoms with E-state index in [2.05, 4.69) is 5.32 Å². The van der Waals surface area contributed by atoms with E-state index in [0.717, 1.165) is 4.31 Å². The number of hydrogen-bond donors (Lipinski definition) is 1. The van der Waals surface area contributed by atoms with Crippen LogP contribution in [0.5, 0.6) is 17.2 Å². The topological polar surface area (TPSA) is 94.2 Å². The van der Waals surface area contributed by atoms with E-state index in [1.807, 2.05) is 0 Å². The van der Waals surface area contributed by atoms with E-state index in [1.165, 1.54) is 67.8 Å². The number of nitrogens with one attached hydrogen (secondary N) is 1. The summed E-state index contributed by atoms with van der Waals surface area (Å²) in [6, 6.07) is 16.0. The number of benzene rings is 3. The molecule has 1 aliphatic rings. The number of halogens is 2. The SMILES string of the molecule is COc1ccc(S(=O)(=O)N2C[C@H](C(=O)NCCOc3ccc(F)cc3)Oc3ccc(Cl)cc32)cc1. The Morgan fingerprint density at radius 3 is 2.49 bits per heavy atom. The summed E-state index contributed by atoms with van der Waals surface area (Å²) in [6.45, 7) is 0.00524. The number of carbonyl (C=O) groups is 1. The van der Waals surface area contributed by atoms with Crippen molar-refractivity contribution < 1.29 is 31.8 Å². The van der Waals surface area contributed by atoms with Crippen LogP contribution < -0.4 is 23.8 Å². The molecule has 0 fully saturated rings. The lowest BCUT2D eigenvalue weighted by molar-refractivity contribution is -0.127. The molecule has 1 amide bonds. The number of methoxy groups -OCH3 is 1. The predicted molar refractivity (Wildman–Crippen MR) is 128 cm³/mol. The molecule has 0 saturated carbocycles. The van der Waals surface area contributed by atoms with E-state index < -0.39 is 22.0 Å². The molecule has 0 spiro atoms. The lowest BCUT2D eigenvalue weighted by atomic mass is 10.2. The van der Waals surface area contributed by atoms with Crippen LogP contribution in [0.1, 0.15) is 0 Å². The van der Waals surface area contributed by atoms with Gasteiger partial charge in [0.05, 0.1) is 30.8 Å². The Bertz CT molecular complexity index is 1300. The third-order valence-corrected chi connectivity index (χ3v) is 7.24. The average Bonchev–Trinajstić information content (AvgIpc) is 2.86. The van der Waals surface area contributed by atoms with Gasteiger partial charge < -0.3 is 19.5 Å². The van der Waals surface area contributed by atoms with Crippen molar-refractivity contribution in [3.05, 3.63) is 77.6 Å².